The zero-order chi connectivity index (χ0) is 20.4. The summed E-state index contributed by atoms with van der Waals surface area (Å²) in [4.78, 5) is 20.5. The number of pyridine rings is 1. The molecule has 0 aliphatic rings. The minimum absolute atomic E-state index is 0.178. The number of amides is 1. The molecule has 2 N–H and O–H groups in total. The first kappa shape index (κ1) is 18.8. The summed E-state index contributed by atoms with van der Waals surface area (Å²) in [7, 11) is 3.22. The molecule has 148 valence electrons. The van der Waals surface area contributed by atoms with Gasteiger partial charge in [-0.2, -0.15) is 0 Å². The van der Waals surface area contributed by atoms with Gasteiger partial charge in [0.05, 0.1) is 25.3 Å². The number of H-pyrrole nitrogens is 1. The molecule has 2 heterocycles. The van der Waals surface area contributed by atoms with E-state index in [0.29, 0.717) is 30.2 Å². The van der Waals surface area contributed by atoms with E-state index in [1.165, 1.54) is 0 Å². The van der Waals surface area contributed by atoms with Crippen molar-refractivity contribution in [2.75, 3.05) is 20.8 Å². The second-order valence-electron chi connectivity index (χ2n) is 6.95. The van der Waals surface area contributed by atoms with Crippen LogP contribution in [-0.2, 0) is 6.42 Å². The van der Waals surface area contributed by atoms with Crippen molar-refractivity contribution in [1.82, 2.24) is 15.3 Å². The number of fused-ring (bicyclic) bond motifs is 3. The van der Waals surface area contributed by atoms with Gasteiger partial charge in [0.2, 0.25) is 0 Å². The minimum atomic E-state index is -0.178. The fourth-order valence-electron chi connectivity index (χ4n) is 3.45. The van der Waals surface area contributed by atoms with E-state index in [0.717, 1.165) is 33.1 Å². The second-order valence-corrected chi connectivity index (χ2v) is 6.95. The highest BCUT2D eigenvalue weighted by Gasteiger charge is 2.13. The van der Waals surface area contributed by atoms with Gasteiger partial charge >= 0.3 is 0 Å². The SMILES string of the molecule is COc1ccc(CCNC(=O)c2cc3ccc4ccc(C)[nH]c4c3n2)cc1OC. The minimum Gasteiger partial charge on any atom is -0.493 e. The van der Waals surface area contributed by atoms with Crippen LogP contribution in [0.25, 0.3) is 21.8 Å². The van der Waals surface area contributed by atoms with Crippen molar-refractivity contribution in [3.05, 3.63) is 65.5 Å². The molecular formula is C23H23N3O3. The van der Waals surface area contributed by atoms with Crippen LogP contribution < -0.4 is 14.8 Å². The first-order chi connectivity index (χ1) is 14.1. The normalized spacial score (nSPS) is 11.0. The zero-order valence-electron chi connectivity index (χ0n) is 16.7. The molecule has 0 fully saturated rings. The highest BCUT2D eigenvalue weighted by Crippen LogP contribution is 2.28. The summed E-state index contributed by atoms with van der Waals surface area (Å²) in [6, 6.07) is 15.7. The lowest BCUT2D eigenvalue weighted by atomic mass is 10.1. The van der Waals surface area contributed by atoms with Gasteiger partial charge in [-0.15, -0.1) is 0 Å². The molecule has 0 saturated carbocycles. The van der Waals surface area contributed by atoms with Crippen molar-refractivity contribution in [2.45, 2.75) is 13.3 Å². The maximum atomic E-state index is 12.6. The molecule has 0 radical (unpaired) electrons. The molecule has 0 aliphatic carbocycles. The third-order valence-electron chi connectivity index (χ3n) is 4.98. The van der Waals surface area contributed by atoms with E-state index in [1.807, 2.05) is 49.4 Å². The lowest BCUT2D eigenvalue weighted by Gasteiger charge is -2.09. The van der Waals surface area contributed by atoms with E-state index in [2.05, 4.69) is 21.4 Å². The number of carbonyl (C=O) groups is 1. The molecule has 0 saturated heterocycles. The molecule has 6 nitrogen and oxygen atoms in total. The molecule has 2 aromatic carbocycles. The Kier molecular flexibility index (Phi) is 5.08. The predicted molar refractivity (Wildman–Crippen MR) is 114 cm³/mol. The van der Waals surface area contributed by atoms with Crippen LogP contribution in [0.5, 0.6) is 11.5 Å². The second kappa shape index (κ2) is 7.83. The van der Waals surface area contributed by atoms with Gasteiger partial charge in [0.25, 0.3) is 5.91 Å². The van der Waals surface area contributed by atoms with Crippen LogP contribution in [0.1, 0.15) is 21.7 Å². The summed E-state index contributed by atoms with van der Waals surface area (Å²) in [5.41, 5.74) is 4.30. The number of nitrogens with zero attached hydrogens (tertiary/aromatic N) is 1. The lowest BCUT2D eigenvalue weighted by molar-refractivity contribution is 0.0950. The Hall–Kier alpha value is -3.54. The Labute approximate surface area is 168 Å². The average Bonchev–Trinajstić information content (AvgIpc) is 3.18. The summed E-state index contributed by atoms with van der Waals surface area (Å²) in [6.45, 7) is 2.51. The number of ether oxygens (including phenoxy) is 2. The van der Waals surface area contributed by atoms with Crippen LogP contribution in [0.3, 0.4) is 0 Å². The van der Waals surface area contributed by atoms with Crippen molar-refractivity contribution >= 4 is 27.7 Å². The van der Waals surface area contributed by atoms with Gasteiger partial charge < -0.3 is 19.8 Å². The van der Waals surface area contributed by atoms with Crippen LogP contribution in [0.15, 0.2) is 48.5 Å². The first-order valence-electron chi connectivity index (χ1n) is 9.47. The van der Waals surface area contributed by atoms with Gasteiger partial charge in [0.1, 0.15) is 5.69 Å². The van der Waals surface area contributed by atoms with Gasteiger partial charge in [-0.3, -0.25) is 4.79 Å². The first-order valence-corrected chi connectivity index (χ1v) is 9.47. The summed E-state index contributed by atoms with van der Waals surface area (Å²) >= 11 is 0. The number of aromatic nitrogens is 2. The summed E-state index contributed by atoms with van der Waals surface area (Å²) in [6.07, 6.45) is 0.683. The van der Waals surface area contributed by atoms with Crippen molar-refractivity contribution < 1.29 is 14.3 Å². The summed E-state index contributed by atoms with van der Waals surface area (Å²) < 4.78 is 10.6. The van der Waals surface area contributed by atoms with Gasteiger partial charge in [-0.25, -0.2) is 4.98 Å². The Morgan fingerprint density at radius 2 is 1.76 bits per heavy atom. The van der Waals surface area contributed by atoms with Gasteiger partial charge in [0, 0.05) is 23.0 Å². The topological polar surface area (TPSA) is 76.2 Å². The quantitative estimate of drug-likeness (QED) is 0.522. The molecule has 4 aromatic rings. The van der Waals surface area contributed by atoms with Gasteiger partial charge in [0.15, 0.2) is 11.5 Å². The molecular weight excluding hydrogens is 366 g/mol. The molecule has 2 aromatic heterocycles. The average molecular weight is 389 g/mol. The monoisotopic (exact) mass is 389 g/mol. The number of nitrogens with one attached hydrogen (secondary N) is 2. The van der Waals surface area contributed by atoms with E-state index in [1.54, 1.807) is 14.2 Å². The van der Waals surface area contributed by atoms with Crippen molar-refractivity contribution in [3.63, 3.8) is 0 Å². The fraction of sp³-hybridized carbons (Fsp3) is 0.217. The number of aryl methyl sites for hydroxylation is 1. The number of hydrogen-bond donors (Lipinski definition) is 2. The van der Waals surface area contributed by atoms with Crippen LogP contribution in [-0.4, -0.2) is 36.6 Å². The van der Waals surface area contributed by atoms with Crippen LogP contribution >= 0.6 is 0 Å². The summed E-state index contributed by atoms with van der Waals surface area (Å²) in [5, 5.41) is 4.97. The van der Waals surface area contributed by atoms with Crippen LogP contribution in [0.4, 0.5) is 0 Å². The van der Waals surface area contributed by atoms with Gasteiger partial charge in [-0.05, 0) is 43.2 Å². The molecule has 0 atom stereocenters. The van der Waals surface area contributed by atoms with Crippen LogP contribution in [0.2, 0.25) is 0 Å². The third kappa shape index (κ3) is 3.74. The van der Waals surface area contributed by atoms with Crippen LogP contribution in [0, 0.1) is 6.92 Å². The Balaban J connectivity index is 1.48. The number of carbonyl (C=O) groups excluding carboxylic acids is 1. The molecule has 29 heavy (non-hydrogen) atoms. The zero-order valence-corrected chi connectivity index (χ0v) is 16.7. The number of rotatable bonds is 6. The van der Waals surface area contributed by atoms with E-state index in [9.17, 15) is 4.79 Å². The van der Waals surface area contributed by atoms with Crippen molar-refractivity contribution in [3.8, 4) is 11.5 Å². The maximum Gasteiger partial charge on any atom is 0.269 e. The fourth-order valence-corrected chi connectivity index (χ4v) is 3.45. The number of benzene rings is 2. The highest BCUT2D eigenvalue weighted by atomic mass is 16.5. The van der Waals surface area contributed by atoms with E-state index in [4.69, 9.17) is 9.47 Å². The molecule has 1 amide bonds. The largest absolute Gasteiger partial charge is 0.493 e. The number of hydrogen-bond acceptors (Lipinski definition) is 4. The predicted octanol–water partition coefficient (Wildman–Crippen LogP) is 4.01. The molecule has 0 bridgehead atoms. The highest BCUT2D eigenvalue weighted by molar-refractivity contribution is 6.07. The van der Waals surface area contributed by atoms with E-state index >= 15 is 0 Å². The summed E-state index contributed by atoms with van der Waals surface area (Å²) in [5.74, 6) is 1.19. The molecule has 4 rings (SSSR count). The van der Waals surface area contributed by atoms with Crippen molar-refractivity contribution in [1.29, 1.82) is 0 Å². The van der Waals surface area contributed by atoms with Gasteiger partial charge in [-0.1, -0.05) is 24.3 Å². The molecule has 0 aliphatic heterocycles. The molecule has 6 heteroatoms. The lowest BCUT2D eigenvalue weighted by Crippen LogP contribution is -2.25. The Morgan fingerprint density at radius 1 is 1.00 bits per heavy atom. The molecule has 0 spiro atoms. The third-order valence-corrected chi connectivity index (χ3v) is 4.98. The van der Waals surface area contributed by atoms with Crippen molar-refractivity contribution in [2.24, 2.45) is 0 Å². The Morgan fingerprint density at radius 3 is 2.55 bits per heavy atom. The smallest absolute Gasteiger partial charge is 0.269 e. The molecule has 0 unspecified atom stereocenters. The standard InChI is InChI=1S/C23H23N3O3/c1-14-4-6-16-7-8-17-13-18(26-22(17)21(16)25-14)23(27)24-11-10-15-5-9-19(28-2)20(12-15)29-3/h4-9,12-13,25H,10-11H2,1-3H3,(H,24,27). The Bertz CT molecular complexity index is 1200. The van der Waals surface area contributed by atoms with E-state index in [-0.39, 0.29) is 5.91 Å². The number of aromatic amines is 1. The maximum absolute atomic E-state index is 12.6. The number of methoxy groups -OCH3 is 2. The van der Waals surface area contributed by atoms with E-state index < -0.39 is 0 Å².